The minimum Gasteiger partial charge on any atom is -0.508 e. The Bertz CT molecular complexity index is 485. The summed E-state index contributed by atoms with van der Waals surface area (Å²) < 4.78 is 30.4. The van der Waals surface area contributed by atoms with Crippen molar-refractivity contribution < 1.29 is 18.3 Å². The van der Waals surface area contributed by atoms with E-state index in [4.69, 9.17) is 4.74 Å². The van der Waals surface area contributed by atoms with Crippen LogP contribution in [0.5, 0.6) is 5.75 Å². The van der Waals surface area contributed by atoms with Crippen molar-refractivity contribution in [3.8, 4) is 5.75 Å². The highest BCUT2D eigenvalue weighted by atomic mass is 32.2. The molecule has 0 aliphatic heterocycles. The first kappa shape index (κ1) is 14.8. The molecule has 0 unspecified atom stereocenters. The molecule has 0 spiro atoms. The molecule has 0 saturated carbocycles. The van der Waals surface area contributed by atoms with Gasteiger partial charge in [-0.25, -0.2) is 8.42 Å². The van der Waals surface area contributed by atoms with Crippen LogP contribution in [0.3, 0.4) is 0 Å². The molecule has 1 rings (SSSR count). The van der Waals surface area contributed by atoms with E-state index < -0.39 is 10.0 Å². The van der Waals surface area contributed by atoms with E-state index in [1.54, 1.807) is 12.1 Å². The Morgan fingerprint density at radius 1 is 1.39 bits per heavy atom. The van der Waals surface area contributed by atoms with Crippen LogP contribution < -0.4 is 4.31 Å². The number of ether oxygens (including phenoxy) is 1. The molecule has 0 heterocycles. The Balaban J connectivity index is 2.73. The number of phenols is 1. The molecule has 0 aliphatic carbocycles. The number of sulfonamides is 1. The maximum absolute atomic E-state index is 12.0. The summed E-state index contributed by atoms with van der Waals surface area (Å²) >= 11 is 0. The lowest BCUT2D eigenvalue weighted by Gasteiger charge is -2.19. The van der Waals surface area contributed by atoms with Crippen molar-refractivity contribution in [2.45, 2.75) is 20.0 Å². The third kappa shape index (κ3) is 4.19. The van der Waals surface area contributed by atoms with E-state index in [1.165, 1.54) is 19.2 Å². The number of hydrogen-bond donors (Lipinski definition) is 1. The van der Waals surface area contributed by atoms with Crippen LogP contribution in [0.4, 0.5) is 5.69 Å². The van der Waals surface area contributed by atoms with E-state index in [1.807, 2.05) is 13.8 Å². The number of benzene rings is 1. The van der Waals surface area contributed by atoms with Gasteiger partial charge in [-0.2, -0.15) is 0 Å². The van der Waals surface area contributed by atoms with Gasteiger partial charge in [0.2, 0.25) is 10.0 Å². The SMILES string of the molecule is CC(C)OCCS(=O)(=O)N(C)c1cccc(O)c1. The Labute approximate surface area is 108 Å². The number of aromatic hydroxyl groups is 1. The number of anilines is 1. The monoisotopic (exact) mass is 273 g/mol. The molecule has 0 amide bonds. The zero-order chi connectivity index (χ0) is 13.8. The van der Waals surface area contributed by atoms with Gasteiger partial charge in [0.15, 0.2) is 0 Å². The van der Waals surface area contributed by atoms with Crippen LogP contribution in [0.2, 0.25) is 0 Å². The number of nitrogens with zero attached hydrogens (tertiary/aromatic N) is 1. The molecule has 0 fully saturated rings. The number of phenolic OH excluding ortho intramolecular Hbond substituents is 1. The molecule has 0 bridgehead atoms. The molecule has 1 aromatic rings. The fraction of sp³-hybridized carbons (Fsp3) is 0.500. The van der Waals surface area contributed by atoms with Crippen LogP contribution in [0.25, 0.3) is 0 Å². The minimum absolute atomic E-state index is 0.00581. The second kappa shape index (κ2) is 6.06. The van der Waals surface area contributed by atoms with E-state index in [9.17, 15) is 13.5 Å². The second-order valence-corrected chi connectivity index (χ2v) is 6.34. The summed E-state index contributed by atoms with van der Waals surface area (Å²) in [7, 11) is -1.97. The smallest absolute Gasteiger partial charge is 0.237 e. The van der Waals surface area contributed by atoms with E-state index in [0.717, 1.165) is 4.31 Å². The molecule has 0 atom stereocenters. The van der Waals surface area contributed by atoms with Gasteiger partial charge in [0.1, 0.15) is 5.75 Å². The quantitative estimate of drug-likeness (QED) is 0.854. The largest absolute Gasteiger partial charge is 0.508 e. The highest BCUT2D eigenvalue weighted by Crippen LogP contribution is 2.21. The van der Waals surface area contributed by atoms with E-state index in [-0.39, 0.29) is 24.2 Å². The van der Waals surface area contributed by atoms with Crippen LogP contribution in [0.15, 0.2) is 24.3 Å². The molecule has 0 aromatic heterocycles. The average Bonchev–Trinajstić information content (AvgIpc) is 2.27. The third-order valence-electron chi connectivity index (χ3n) is 2.40. The number of hydrogen-bond acceptors (Lipinski definition) is 4. The van der Waals surface area contributed by atoms with Crippen molar-refractivity contribution in [3.05, 3.63) is 24.3 Å². The first-order valence-electron chi connectivity index (χ1n) is 5.70. The molecule has 102 valence electrons. The summed E-state index contributed by atoms with van der Waals surface area (Å²) in [4.78, 5) is 0. The van der Waals surface area contributed by atoms with Gasteiger partial charge in [-0.05, 0) is 26.0 Å². The van der Waals surface area contributed by atoms with E-state index in [0.29, 0.717) is 5.69 Å². The van der Waals surface area contributed by atoms with Gasteiger partial charge < -0.3 is 9.84 Å². The predicted octanol–water partition coefficient (Wildman–Crippen LogP) is 1.58. The molecular formula is C12H19NO4S. The van der Waals surface area contributed by atoms with Gasteiger partial charge in [0.25, 0.3) is 0 Å². The van der Waals surface area contributed by atoms with Gasteiger partial charge >= 0.3 is 0 Å². The summed E-state index contributed by atoms with van der Waals surface area (Å²) in [5, 5.41) is 9.33. The number of rotatable bonds is 6. The molecule has 6 heteroatoms. The lowest BCUT2D eigenvalue weighted by atomic mass is 10.3. The molecule has 0 saturated heterocycles. The highest BCUT2D eigenvalue weighted by Gasteiger charge is 2.18. The van der Waals surface area contributed by atoms with Crippen LogP contribution in [0, 0.1) is 0 Å². The van der Waals surface area contributed by atoms with Crippen LogP contribution >= 0.6 is 0 Å². The summed E-state index contributed by atoms with van der Waals surface area (Å²) in [6.07, 6.45) is 0.00581. The Morgan fingerprint density at radius 3 is 2.61 bits per heavy atom. The van der Waals surface area contributed by atoms with Crippen LogP contribution in [-0.4, -0.2) is 39.0 Å². The fourth-order valence-electron chi connectivity index (χ4n) is 1.38. The molecular weight excluding hydrogens is 254 g/mol. The topological polar surface area (TPSA) is 66.8 Å². The second-order valence-electron chi connectivity index (χ2n) is 4.22. The summed E-state index contributed by atoms with van der Waals surface area (Å²) in [5.41, 5.74) is 0.430. The molecule has 0 aliphatic rings. The van der Waals surface area contributed by atoms with Crippen molar-refractivity contribution >= 4 is 15.7 Å². The lowest BCUT2D eigenvalue weighted by Crippen LogP contribution is -2.31. The van der Waals surface area contributed by atoms with Crippen LogP contribution in [0.1, 0.15) is 13.8 Å². The zero-order valence-corrected chi connectivity index (χ0v) is 11.6. The highest BCUT2D eigenvalue weighted by molar-refractivity contribution is 7.92. The average molecular weight is 273 g/mol. The van der Waals surface area contributed by atoms with E-state index >= 15 is 0 Å². The van der Waals surface area contributed by atoms with Gasteiger partial charge in [-0.15, -0.1) is 0 Å². The summed E-state index contributed by atoms with van der Waals surface area (Å²) in [6.45, 7) is 3.86. The summed E-state index contributed by atoms with van der Waals surface area (Å²) in [6, 6.07) is 6.12. The molecule has 5 nitrogen and oxygen atoms in total. The molecule has 18 heavy (non-hydrogen) atoms. The van der Waals surface area contributed by atoms with E-state index in [2.05, 4.69) is 0 Å². The maximum Gasteiger partial charge on any atom is 0.237 e. The first-order chi connectivity index (χ1) is 8.33. The molecule has 1 aromatic carbocycles. The van der Waals surface area contributed by atoms with Crippen molar-refractivity contribution in [2.75, 3.05) is 23.7 Å². The van der Waals surface area contributed by atoms with Gasteiger partial charge in [-0.1, -0.05) is 6.07 Å². The van der Waals surface area contributed by atoms with Crippen molar-refractivity contribution in [1.82, 2.24) is 0 Å². The minimum atomic E-state index is -3.43. The summed E-state index contributed by atoms with van der Waals surface area (Å²) in [5.74, 6) is -0.0508. The van der Waals surface area contributed by atoms with Gasteiger partial charge in [-0.3, -0.25) is 4.31 Å². The van der Waals surface area contributed by atoms with Crippen molar-refractivity contribution in [2.24, 2.45) is 0 Å². The Morgan fingerprint density at radius 2 is 2.06 bits per heavy atom. The Kier molecular flexibility index (Phi) is 4.98. The predicted molar refractivity (Wildman–Crippen MR) is 71.4 cm³/mol. The first-order valence-corrected chi connectivity index (χ1v) is 7.31. The van der Waals surface area contributed by atoms with Crippen LogP contribution in [-0.2, 0) is 14.8 Å². The maximum atomic E-state index is 12.0. The zero-order valence-electron chi connectivity index (χ0n) is 10.8. The molecule has 0 radical (unpaired) electrons. The lowest BCUT2D eigenvalue weighted by molar-refractivity contribution is 0.0912. The van der Waals surface area contributed by atoms with Gasteiger partial charge in [0.05, 0.1) is 24.2 Å². The normalized spacial score (nSPS) is 11.8. The fourth-order valence-corrected chi connectivity index (χ4v) is 2.39. The van der Waals surface area contributed by atoms with Crippen molar-refractivity contribution in [1.29, 1.82) is 0 Å². The van der Waals surface area contributed by atoms with Gasteiger partial charge in [0, 0.05) is 13.1 Å². The molecule has 1 N–H and O–H groups in total. The standard InChI is InChI=1S/C12H19NO4S/c1-10(2)17-7-8-18(15,16)13(3)11-5-4-6-12(14)9-11/h4-6,9-10,14H,7-8H2,1-3H3. The Hall–Kier alpha value is -1.27. The van der Waals surface area contributed by atoms with Crippen molar-refractivity contribution in [3.63, 3.8) is 0 Å². The third-order valence-corrected chi connectivity index (χ3v) is 4.13.